The highest BCUT2D eigenvalue weighted by atomic mass is 35.5. The predicted octanol–water partition coefficient (Wildman–Crippen LogP) is 4.08. The van der Waals surface area contributed by atoms with Crippen molar-refractivity contribution in [2.45, 2.75) is 13.3 Å². The topological polar surface area (TPSA) is 50.7 Å². The van der Waals surface area contributed by atoms with E-state index in [4.69, 9.17) is 27.9 Å². The summed E-state index contributed by atoms with van der Waals surface area (Å²) in [6.45, 7) is 1.91. The number of hydrogen-bond donors (Lipinski definition) is 1. The van der Waals surface area contributed by atoms with Crippen LogP contribution >= 0.6 is 23.2 Å². The Labute approximate surface area is 145 Å². The van der Waals surface area contributed by atoms with Gasteiger partial charge in [0.15, 0.2) is 6.61 Å². The Balaban J connectivity index is 1.81. The van der Waals surface area contributed by atoms with Gasteiger partial charge in [-0.3, -0.25) is 4.79 Å². The SMILES string of the molecule is CCc1ccc(/C=N/NC(=O)COc2ccc(Cl)cc2Cl)cc1. The molecule has 0 aliphatic heterocycles. The van der Waals surface area contributed by atoms with Crippen LogP contribution in [0.5, 0.6) is 5.75 Å². The lowest BCUT2D eigenvalue weighted by molar-refractivity contribution is -0.123. The van der Waals surface area contributed by atoms with Crippen LogP contribution in [-0.2, 0) is 11.2 Å². The number of aryl methyl sites for hydroxylation is 1. The van der Waals surface area contributed by atoms with Crippen molar-refractivity contribution < 1.29 is 9.53 Å². The average Bonchev–Trinajstić information content (AvgIpc) is 2.54. The normalized spacial score (nSPS) is 10.7. The Bertz CT molecular complexity index is 700. The summed E-state index contributed by atoms with van der Waals surface area (Å²) in [5.41, 5.74) is 4.55. The van der Waals surface area contributed by atoms with Crippen molar-refractivity contribution in [1.29, 1.82) is 0 Å². The van der Waals surface area contributed by atoms with Gasteiger partial charge in [0.2, 0.25) is 0 Å². The second-order valence-electron chi connectivity index (χ2n) is 4.75. The van der Waals surface area contributed by atoms with Crippen molar-refractivity contribution in [3.8, 4) is 5.75 Å². The van der Waals surface area contributed by atoms with Crippen molar-refractivity contribution in [2.75, 3.05) is 6.61 Å². The highest BCUT2D eigenvalue weighted by molar-refractivity contribution is 6.35. The fraction of sp³-hybridized carbons (Fsp3) is 0.176. The Morgan fingerprint density at radius 3 is 2.61 bits per heavy atom. The maximum absolute atomic E-state index is 11.7. The van der Waals surface area contributed by atoms with Gasteiger partial charge in [-0.1, -0.05) is 54.4 Å². The minimum atomic E-state index is -0.377. The van der Waals surface area contributed by atoms with Crippen LogP contribution in [0.2, 0.25) is 10.0 Å². The second-order valence-corrected chi connectivity index (χ2v) is 5.60. The summed E-state index contributed by atoms with van der Waals surface area (Å²) in [5.74, 6) is 0.0165. The van der Waals surface area contributed by atoms with Crippen LogP contribution in [0.4, 0.5) is 0 Å². The molecule has 0 aliphatic rings. The van der Waals surface area contributed by atoms with Crippen molar-refractivity contribution in [3.05, 3.63) is 63.6 Å². The molecule has 2 rings (SSSR count). The van der Waals surface area contributed by atoms with Crippen molar-refractivity contribution in [1.82, 2.24) is 5.43 Å². The predicted molar refractivity (Wildman–Crippen MR) is 93.5 cm³/mol. The molecule has 0 spiro atoms. The minimum Gasteiger partial charge on any atom is -0.482 e. The number of carbonyl (C=O) groups is 1. The molecule has 0 radical (unpaired) electrons. The van der Waals surface area contributed by atoms with E-state index < -0.39 is 0 Å². The molecule has 0 heterocycles. The van der Waals surface area contributed by atoms with E-state index >= 15 is 0 Å². The van der Waals surface area contributed by atoms with Crippen LogP contribution in [0.1, 0.15) is 18.1 Å². The van der Waals surface area contributed by atoms with Crippen molar-refractivity contribution in [3.63, 3.8) is 0 Å². The number of rotatable bonds is 6. The van der Waals surface area contributed by atoms with Gasteiger partial charge in [-0.05, 0) is 35.7 Å². The Morgan fingerprint density at radius 2 is 1.96 bits per heavy atom. The molecular weight excluding hydrogens is 335 g/mol. The zero-order valence-electron chi connectivity index (χ0n) is 12.6. The number of amides is 1. The quantitative estimate of drug-likeness (QED) is 0.630. The van der Waals surface area contributed by atoms with Gasteiger partial charge in [-0.2, -0.15) is 5.10 Å². The highest BCUT2D eigenvalue weighted by Crippen LogP contribution is 2.27. The van der Waals surface area contributed by atoms with Crippen LogP contribution in [-0.4, -0.2) is 18.7 Å². The lowest BCUT2D eigenvalue weighted by Crippen LogP contribution is -2.24. The number of hydrogen-bond acceptors (Lipinski definition) is 3. The van der Waals surface area contributed by atoms with Crippen molar-refractivity contribution in [2.24, 2.45) is 5.10 Å². The van der Waals surface area contributed by atoms with E-state index in [2.05, 4.69) is 17.5 Å². The Kier molecular flexibility index (Phi) is 6.44. The minimum absolute atomic E-state index is 0.187. The summed E-state index contributed by atoms with van der Waals surface area (Å²) in [4.78, 5) is 11.7. The fourth-order valence-electron chi connectivity index (χ4n) is 1.79. The van der Waals surface area contributed by atoms with Crippen LogP contribution in [0, 0.1) is 0 Å². The molecule has 0 fully saturated rings. The van der Waals surface area contributed by atoms with Gasteiger partial charge in [0.05, 0.1) is 11.2 Å². The van der Waals surface area contributed by atoms with Crippen LogP contribution in [0.25, 0.3) is 0 Å². The summed E-state index contributed by atoms with van der Waals surface area (Å²) in [5, 5.41) is 4.74. The van der Waals surface area contributed by atoms with Gasteiger partial charge in [-0.25, -0.2) is 5.43 Å². The third kappa shape index (κ3) is 5.58. The molecule has 0 aromatic heterocycles. The molecule has 0 atom stereocenters. The van der Waals surface area contributed by atoms with E-state index in [1.807, 2.05) is 24.3 Å². The molecule has 120 valence electrons. The molecule has 4 nitrogen and oxygen atoms in total. The first-order valence-electron chi connectivity index (χ1n) is 7.07. The van der Waals surface area contributed by atoms with E-state index in [1.165, 1.54) is 5.56 Å². The van der Waals surface area contributed by atoms with Crippen molar-refractivity contribution >= 4 is 35.3 Å². The molecule has 0 bridgehead atoms. The van der Waals surface area contributed by atoms with E-state index in [0.29, 0.717) is 15.8 Å². The van der Waals surface area contributed by atoms with Crippen LogP contribution < -0.4 is 10.2 Å². The van der Waals surface area contributed by atoms with Crippen LogP contribution in [0.3, 0.4) is 0 Å². The van der Waals surface area contributed by atoms with E-state index in [1.54, 1.807) is 24.4 Å². The van der Waals surface area contributed by atoms with Gasteiger partial charge in [0.1, 0.15) is 5.75 Å². The lowest BCUT2D eigenvalue weighted by Gasteiger charge is -2.07. The fourth-order valence-corrected chi connectivity index (χ4v) is 2.25. The molecule has 1 amide bonds. The summed E-state index contributed by atoms with van der Waals surface area (Å²) in [6, 6.07) is 12.7. The number of nitrogens with one attached hydrogen (secondary N) is 1. The maximum Gasteiger partial charge on any atom is 0.277 e. The molecule has 2 aromatic rings. The first-order chi connectivity index (χ1) is 11.1. The summed E-state index contributed by atoms with van der Waals surface area (Å²) < 4.78 is 5.31. The van der Waals surface area contributed by atoms with E-state index in [9.17, 15) is 4.79 Å². The van der Waals surface area contributed by atoms with Gasteiger partial charge in [0.25, 0.3) is 5.91 Å². The zero-order valence-corrected chi connectivity index (χ0v) is 14.1. The number of carbonyl (C=O) groups excluding carboxylic acids is 1. The molecule has 6 heteroatoms. The molecule has 0 unspecified atom stereocenters. The number of halogens is 2. The molecule has 1 N–H and O–H groups in total. The zero-order chi connectivity index (χ0) is 16.7. The van der Waals surface area contributed by atoms with E-state index in [0.717, 1.165) is 12.0 Å². The maximum atomic E-state index is 11.7. The smallest absolute Gasteiger partial charge is 0.277 e. The summed E-state index contributed by atoms with van der Waals surface area (Å²) in [7, 11) is 0. The number of benzene rings is 2. The Morgan fingerprint density at radius 1 is 1.22 bits per heavy atom. The second kappa shape index (κ2) is 8.56. The molecule has 0 aliphatic carbocycles. The van der Waals surface area contributed by atoms with Gasteiger partial charge < -0.3 is 4.74 Å². The van der Waals surface area contributed by atoms with Gasteiger partial charge in [0, 0.05) is 5.02 Å². The first-order valence-corrected chi connectivity index (χ1v) is 7.82. The number of nitrogens with zero attached hydrogens (tertiary/aromatic N) is 1. The monoisotopic (exact) mass is 350 g/mol. The molecule has 2 aromatic carbocycles. The van der Waals surface area contributed by atoms with Gasteiger partial charge in [-0.15, -0.1) is 0 Å². The third-order valence-electron chi connectivity index (χ3n) is 3.04. The highest BCUT2D eigenvalue weighted by Gasteiger charge is 2.05. The molecule has 0 saturated carbocycles. The Hall–Kier alpha value is -2.04. The van der Waals surface area contributed by atoms with Crippen LogP contribution in [0.15, 0.2) is 47.6 Å². The average molecular weight is 351 g/mol. The number of hydrazone groups is 1. The largest absolute Gasteiger partial charge is 0.482 e. The number of ether oxygens (including phenoxy) is 1. The molecule has 23 heavy (non-hydrogen) atoms. The summed E-state index contributed by atoms with van der Waals surface area (Å²) in [6.07, 6.45) is 2.56. The van der Waals surface area contributed by atoms with E-state index in [-0.39, 0.29) is 12.5 Å². The van der Waals surface area contributed by atoms with Gasteiger partial charge >= 0.3 is 0 Å². The molecule has 0 saturated heterocycles. The molecular formula is C17H16Cl2N2O2. The summed E-state index contributed by atoms with van der Waals surface area (Å²) >= 11 is 11.7. The first kappa shape index (κ1) is 17.3. The third-order valence-corrected chi connectivity index (χ3v) is 3.57. The lowest BCUT2D eigenvalue weighted by atomic mass is 10.1. The standard InChI is InChI=1S/C17H16Cl2N2O2/c1-2-12-3-5-13(6-4-12)10-20-21-17(22)11-23-16-8-7-14(18)9-15(16)19/h3-10H,2,11H2,1H3,(H,21,22)/b20-10+.